The quantitative estimate of drug-likeness (QED) is 0.708. The third-order valence-corrected chi connectivity index (χ3v) is 3.49. The highest BCUT2D eigenvalue weighted by molar-refractivity contribution is 6.33. The number of hydrogen-bond donors (Lipinski definition) is 2. The van der Waals surface area contributed by atoms with E-state index in [2.05, 4.69) is 10.3 Å². The molecule has 2 aromatic carbocycles. The fraction of sp³-hybridized carbons (Fsp3) is 0. The summed E-state index contributed by atoms with van der Waals surface area (Å²) in [6.07, 6.45) is 1.62. The Morgan fingerprint density at radius 3 is 2.76 bits per heavy atom. The van der Waals surface area contributed by atoms with Crippen LogP contribution in [-0.2, 0) is 0 Å². The number of benzene rings is 2. The zero-order valence-electron chi connectivity index (χ0n) is 11.0. The number of nitrogen functional groups attached to an aromatic ring is 1. The number of anilines is 2. The van der Waals surface area contributed by atoms with Gasteiger partial charge in [0.25, 0.3) is 5.91 Å². The first-order valence-corrected chi connectivity index (χ1v) is 6.73. The van der Waals surface area contributed by atoms with E-state index < -0.39 is 0 Å². The van der Waals surface area contributed by atoms with Crippen molar-refractivity contribution in [2.45, 2.75) is 0 Å². The average molecular weight is 298 g/mol. The average Bonchev–Trinajstić information content (AvgIpc) is 2.50. The molecule has 0 unspecified atom stereocenters. The molecule has 1 aromatic heterocycles. The molecule has 4 nitrogen and oxygen atoms in total. The molecular formula is C16H12ClN3O. The van der Waals surface area contributed by atoms with Crippen molar-refractivity contribution in [2.24, 2.45) is 0 Å². The van der Waals surface area contributed by atoms with E-state index in [0.717, 1.165) is 10.8 Å². The second-order valence-electron chi connectivity index (χ2n) is 4.57. The Labute approximate surface area is 126 Å². The maximum atomic E-state index is 12.4. The van der Waals surface area contributed by atoms with E-state index in [4.69, 9.17) is 17.3 Å². The molecule has 21 heavy (non-hydrogen) atoms. The summed E-state index contributed by atoms with van der Waals surface area (Å²) < 4.78 is 0. The van der Waals surface area contributed by atoms with Gasteiger partial charge in [-0.25, -0.2) is 0 Å². The smallest absolute Gasteiger partial charge is 0.274 e. The first kappa shape index (κ1) is 13.4. The molecule has 0 aliphatic heterocycles. The summed E-state index contributed by atoms with van der Waals surface area (Å²) in [5.41, 5.74) is 7.10. The van der Waals surface area contributed by atoms with Gasteiger partial charge in [-0.3, -0.25) is 9.78 Å². The molecular weight excluding hydrogens is 286 g/mol. The summed E-state index contributed by atoms with van der Waals surface area (Å²) in [5.74, 6) is -0.284. The standard InChI is InChI=1S/C16H12ClN3O/c17-13-6-5-11(9-14(13)18)20-16(21)15-12-4-2-1-3-10(12)7-8-19-15/h1-9H,18H2,(H,20,21). The van der Waals surface area contributed by atoms with Gasteiger partial charge in [0, 0.05) is 17.3 Å². The van der Waals surface area contributed by atoms with Crippen molar-refractivity contribution in [3.05, 3.63) is 65.4 Å². The second-order valence-corrected chi connectivity index (χ2v) is 4.98. The van der Waals surface area contributed by atoms with Gasteiger partial charge in [-0.1, -0.05) is 35.9 Å². The molecule has 1 amide bonds. The van der Waals surface area contributed by atoms with E-state index in [1.807, 2.05) is 30.3 Å². The van der Waals surface area contributed by atoms with Crippen LogP contribution in [0.2, 0.25) is 5.02 Å². The van der Waals surface area contributed by atoms with Crippen LogP contribution in [-0.4, -0.2) is 10.9 Å². The maximum absolute atomic E-state index is 12.4. The van der Waals surface area contributed by atoms with Crippen LogP contribution in [0, 0.1) is 0 Å². The lowest BCUT2D eigenvalue weighted by molar-refractivity contribution is 0.102. The fourth-order valence-electron chi connectivity index (χ4n) is 2.11. The number of aromatic nitrogens is 1. The van der Waals surface area contributed by atoms with Crippen molar-refractivity contribution < 1.29 is 4.79 Å². The zero-order valence-corrected chi connectivity index (χ0v) is 11.8. The Kier molecular flexibility index (Phi) is 3.46. The minimum atomic E-state index is -0.284. The van der Waals surface area contributed by atoms with Crippen molar-refractivity contribution in [3.8, 4) is 0 Å². The van der Waals surface area contributed by atoms with Crippen LogP contribution in [0.1, 0.15) is 10.5 Å². The summed E-state index contributed by atoms with van der Waals surface area (Å²) in [5, 5.41) is 5.00. The number of halogens is 1. The number of nitrogens with one attached hydrogen (secondary N) is 1. The lowest BCUT2D eigenvalue weighted by Gasteiger charge is -2.08. The van der Waals surface area contributed by atoms with Crippen molar-refractivity contribution in [1.29, 1.82) is 0 Å². The van der Waals surface area contributed by atoms with Gasteiger partial charge in [-0.15, -0.1) is 0 Å². The van der Waals surface area contributed by atoms with Gasteiger partial charge in [0.15, 0.2) is 0 Å². The minimum absolute atomic E-state index is 0.284. The number of pyridine rings is 1. The Balaban J connectivity index is 1.95. The SMILES string of the molecule is Nc1cc(NC(=O)c2nccc3ccccc23)ccc1Cl. The highest BCUT2D eigenvalue weighted by atomic mass is 35.5. The normalized spacial score (nSPS) is 10.5. The van der Waals surface area contributed by atoms with E-state index in [-0.39, 0.29) is 5.91 Å². The van der Waals surface area contributed by atoms with Crippen LogP contribution < -0.4 is 11.1 Å². The van der Waals surface area contributed by atoms with Crippen LogP contribution >= 0.6 is 11.6 Å². The number of amides is 1. The predicted octanol–water partition coefficient (Wildman–Crippen LogP) is 3.72. The highest BCUT2D eigenvalue weighted by Crippen LogP contribution is 2.23. The van der Waals surface area contributed by atoms with Gasteiger partial charge in [0.1, 0.15) is 5.69 Å². The summed E-state index contributed by atoms with van der Waals surface area (Å²) in [6, 6.07) is 14.4. The Bertz CT molecular complexity index is 827. The molecule has 104 valence electrons. The Hall–Kier alpha value is -2.59. The molecule has 0 radical (unpaired) electrons. The third kappa shape index (κ3) is 2.66. The van der Waals surface area contributed by atoms with Crippen LogP contribution in [0.4, 0.5) is 11.4 Å². The van der Waals surface area contributed by atoms with Crippen LogP contribution in [0.25, 0.3) is 10.8 Å². The number of nitrogens with two attached hydrogens (primary N) is 1. The predicted molar refractivity (Wildman–Crippen MR) is 85.6 cm³/mol. The molecule has 0 atom stereocenters. The van der Waals surface area contributed by atoms with Gasteiger partial charge >= 0.3 is 0 Å². The van der Waals surface area contributed by atoms with Gasteiger partial charge in [-0.05, 0) is 29.7 Å². The molecule has 0 aliphatic carbocycles. The highest BCUT2D eigenvalue weighted by Gasteiger charge is 2.12. The number of carbonyl (C=O) groups is 1. The number of fused-ring (bicyclic) bond motifs is 1. The Morgan fingerprint density at radius 2 is 1.95 bits per heavy atom. The maximum Gasteiger partial charge on any atom is 0.274 e. The molecule has 0 fully saturated rings. The third-order valence-electron chi connectivity index (χ3n) is 3.14. The summed E-state index contributed by atoms with van der Waals surface area (Å²) >= 11 is 5.86. The first-order valence-electron chi connectivity index (χ1n) is 6.35. The van der Waals surface area contributed by atoms with Crippen molar-refractivity contribution in [3.63, 3.8) is 0 Å². The topological polar surface area (TPSA) is 68.0 Å². The van der Waals surface area contributed by atoms with Gasteiger partial charge in [-0.2, -0.15) is 0 Å². The van der Waals surface area contributed by atoms with Gasteiger partial charge < -0.3 is 11.1 Å². The number of nitrogens with zero attached hydrogens (tertiary/aromatic N) is 1. The fourth-order valence-corrected chi connectivity index (χ4v) is 2.23. The number of hydrogen-bond acceptors (Lipinski definition) is 3. The zero-order chi connectivity index (χ0) is 14.8. The molecule has 0 saturated carbocycles. The van der Waals surface area contributed by atoms with E-state index in [1.165, 1.54) is 0 Å². The molecule has 0 saturated heterocycles. The summed E-state index contributed by atoms with van der Waals surface area (Å²) in [6.45, 7) is 0. The molecule has 5 heteroatoms. The van der Waals surface area contributed by atoms with E-state index in [1.54, 1.807) is 24.4 Å². The molecule has 3 rings (SSSR count). The van der Waals surface area contributed by atoms with Crippen LogP contribution in [0.3, 0.4) is 0 Å². The van der Waals surface area contributed by atoms with E-state index >= 15 is 0 Å². The van der Waals surface area contributed by atoms with Crippen molar-refractivity contribution in [1.82, 2.24) is 4.98 Å². The summed E-state index contributed by atoms with van der Waals surface area (Å²) in [7, 11) is 0. The monoisotopic (exact) mass is 297 g/mol. The molecule has 0 bridgehead atoms. The molecule has 3 aromatic rings. The lowest BCUT2D eigenvalue weighted by atomic mass is 10.1. The molecule has 3 N–H and O–H groups in total. The van der Waals surface area contributed by atoms with E-state index in [0.29, 0.717) is 22.1 Å². The lowest BCUT2D eigenvalue weighted by Crippen LogP contribution is -2.14. The number of rotatable bonds is 2. The van der Waals surface area contributed by atoms with Gasteiger partial charge in [0.2, 0.25) is 0 Å². The number of carbonyl (C=O) groups excluding carboxylic acids is 1. The largest absolute Gasteiger partial charge is 0.397 e. The first-order chi connectivity index (χ1) is 10.1. The van der Waals surface area contributed by atoms with Crippen LogP contribution in [0.15, 0.2) is 54.7 Å². The van der Waals surface area contributed by atoms with Crippen molar-refractivity contribution >= 4 is 39.7 Å². The molecule has 1 heterocycles. The summed E-state index contributed by atoms with van der Waals surface area (Å²) in [4.78, 5) is 16.6. The van der Waals surface area contributed by atoms with Gasteiger partial charge in [0.05, 0.1) is 10.7 Å². The molecule has 0 spiro atoms. The van der Waals surface area contributed by atoms with Crippen molar-refractivity contribution in [2.75, 3.05) is 11.1 Å². The second kappa shape index (κ2) is 5.42. The van der Waals surface area contributed by atoms with E-state index in [9.17, 15) is 4.79 Å². The Morgan fingerprint density at radius 1 is 1.14 bits per heavy atom. The molecule has 0 aliphatic rings. The minimum Gasteiger partial charge on any atom is -0.397 e. The van der Waals surface area contributed by atoms with Crippen LogP contribution in [0.5, 0.6) is 0 Å².